The molecule has 0 bridgehead atoms. The van der Waals surface area contributed by atoms with Crippen LogP contribution < -0.4 is 0 Å². The second kappa shape index (κ2) is 4.81. The van der Waals surface area contributed by atoms with Gasteiger partial charge in [-0.15, -0.1) is 0 Å². The SMILES string of the molecule is CCC(O)(CC)c1c(F)ccc(Br)c1Cl. The van der Waals surface area contributed by atoms with Crippen molar-refractivity contribution in [2.24, 2.45) is 0 Å². The molecule has 0 saturated heterocycles. The number of rotatable bonds is 3. The molecule has 0 amide bonds. The van der Waals surface area contributed by atoms with E-state index in [0.29, 0.717) is 17.3 Å². The molecule has 0 aromatic heterocycles. The smallest absolute Gasteiger partial charge is 0.130 e. The summed E-state index contributed by atoms with van der Waals surface area (Å²) in [5.74, 6) is -0.464. The molecule has 15 heavy (non-hydrogen) atoms. The molecule has 0 spiro atoms. The first-order chi connectivity index (χ1) is 6.96. The van der Waals surface area contributed by atoms with Crippen LogP contribution in [0.3, 0.4) is 0 Å². The van der Waals surface area contributed by atoms with Gasteiger partial charge in [-0.3, -0.25) is 0 Å². The van der Waals surface area contributed by atoms with Crippen molar-refractivity contribution in [2.75, 3.05) is 0 Å². The molecule has 1 aromatic rings. The predicted octanol–water partition coefficient (Wildman–Crippen LogP) is 4.25. The van der Waals surface area contributed by atoms with Crippen molar-refractivity contribution in [1.29, 1.82) is 0 Å². The Morgan fingerprint density at radius 3 is 2.40 bits per heavy atom. The molecule has 1 rings (SSSR count). The zero-order chi connectivity index (χ0) is 11.6. The van der Waals surface area contributed by atoms with Gasteiger partial charge in [0, 0.05) is 10.0 Å². The molecule has 1 nitrogen and oxygen atoms in total. The van der Waals surface area contributed by atoms with Crippen molar-refractivity contribution in [3.05, 3.63) is 33.0 Å². The minimum absolute atomic E-state index is 0.184. The minimum atomic E-state index is -1.19. The Labute approximate surface area is 102 Å². The van der Waals surface area contributed by atoms with E-state index in [-0.39, 0.29) is 10.6 Å². The van der Waals surface area contributed by atoms with Crippen LogP contribution in [0, 0.1) is 5.82 Å². The first-order valence-electron chi connectivity index (χ1n) is 4.82. The maximum atomic E-state index is 13.6. The van der Waals surface area contributed by atoms with E-state index in [1.54, 1.807) is 13.8 Å². The lowest BCUT2D eigenvalue weighted by Gasteiger charge is -2.27. The summed E-state index contributed by atoms with van der Waals surface area (Å²) in [6.07, 6.45) is 0.854. The lowest BCUT2D eigenvalue weighted by molar-refractivity contribution is 0.0249. The van der Waals surface area contributed by atoms with Gasteiger partial charge in [-0.25, -0.2) is 4.39 Å². The van der Waals surface area contributed by atoms with Gasteiger partial charge in [0.15, 0.2) is 0 Å². The second-order valence-corrected chi connectivity index (χ2v) is 4.69. The van der Waals surface area contributed by atoms with E-state index in [1.165, 1.54) is 12.1 Å². The highest BCUT2D eigenvalue weighted by Gasteiger charge is 2.31. The number of hydrogen-bond donors (Lipinski definition) is 1. The molecule has 1 aromatic carbocycles. The largest absolute Gasteiger partial charge is 0.385 e. The van der Waals surface area contributed by atoms with Crippen molar-refractivity contribution >= 4 is 27.5 Å². The van der Waals surface area contributed by atoms with Gasteiger partial charge in [-0.2, -0.15) is 0 Å². The fourth-order valence-corrected chi connectivity index (χ4v) is 2.22. The van der Waals surface area contributed by atoms with Gasteiger partial charge >= 0.3 is 0 Å². The Balaban J connectivity index is 3.41. The van der Waals surface area contributed by atoms with Crippen LogP contribution >= 0.6 is 27.5 Å². The molecule has 84 valence electrons. The summed E-state index contributed by atoms with van der Waals surface area (Å²) in [6, 6.07) is 2.84. The van der Waals surface area contributed by atoms with Crippen LogP contribution in [0.5, 0.6) is 0 Å². The standard InChI is InChI=1S/C11H13BrClFO/c1-3-11(15,4-2)9-8(14)6-5-7(12)10(9)13/h5-6,15H,3-4H2,1-2H3. The fraction of sp³-hybridized carbons (Fsp3) is 0.455. The lowest BCUT2D eigenvalue weighted by Crippen LogP contribution is -2.25. The lowest BCUT2D eigenvalue weighted by atomic mass is 9.88. The normalized spacial score (nSPS) is 11.9. The molecule has 4 heteroatoms. The highest BCUT2D eigenvalue weighted by atomic mass is 79.9. The van der Waals surface area contributed by atoms with E-state index in [9.17, 15) is 9.50 Å². The highest BCUT2D eigenvalue weighted by Crippen LogP contribution is 2.39. The Hall–Kier alpha value is -0.120. The zero-order valence-corrected chi connectivity index (χ0v) is 11.0. The van der Waals surface area contributed by atoms with Gasteiger partial charge in [0.1, 0.15) is 5.82 Å². The van der Waals surface area contributed by atoms with Gasteiger partial charge in [-0.05, 0) is 40.9 Å². The van der Waals surface area contributed by atoms with Crippen LogP contribution in [0.4, 0.5) is 4.39 Å². The van der Waals surface area contributed by atoms with Crippen LogP contribution in [0.2, 0.25) is 5.02 Å². The summed E-state index contributed by atoms with van der Waals surface area (Å²) in [7, 11) is 0. The summed E-state index contributed by atoms with van der Waals surface area (Å²) in [4.78, 5) is 0. The Bertz CT molecular complexity index is 364. The highest BCUT2D eigenvalue weighted by molar-refractivity contribution is 9.10. The molecule has 0 atom stereocenters. The van der Waals surface area contributed by atoms with Gasteiger partial charge < -0.3 is 5.11 Å². The first-order valence-corrected chi connectivity index (χ1v) is 5.99. The van der Waals surface area contributed by atoms with Crippen molar-refractivity contribution in [1.82, 2.24) is 0 Å². The van der Waals surface area contributed by atoms with E-state index >= 15 is 0 Å². The molecular formula is C11H13BrClFO. The van der Waals surface area contributed by atoms with Gasteiger partial charge in [-0.1, -0.05) is 25.4 Å². The zero-order valence-electron chi connectivity index (χ0n) is 8.65. The monoisotopic (exact) mass is 294 g/mol. The third kappa shape index (κ3) is 2.35. The van der Waals surface area contributed by atoms with Crippen molar-refractivity contribution in [2.45, 2.75) is 32.3 Å². The van der Waals surface area contributed by atoms with E-state index in [1.807, 2.05) is 0 Å². The molecule has 0 fully saturated rings. The maximum absolute atomic E-state index is 13.6. The van der Waals surface area contributed by atoms with Crippen molar-refractivity contribution in [3.63, 3.8) is 0 Å². The molecule has 0 aliphatic rings. The summed E-state index contributed by atoms with van der Waals surface area (Å²) in [5.41, 5.74) is -1.01. The van der Waals surface area contributed by atoms with Gasteiger partial charge in [0.05, 0.1) is 10.6 Å². The molecule has 0 heterocycles. The Morgan fingerprint density at radius 1 is 1.40 bits per heavy atom. The second-order valence-electron chi connectivity index (χ2n) is 3.46. The molecule has 0 saturated carbocycles. The van der Waals surface area contributed by atoms with E-state index in [2.05, 4.69) is 15.9 Å². The van der Waals surface area contributed by atoms with E-state index < -0.39 is 11.4 Å². The first kappa shape index (κ1) is 12.9. The number of benzene rings is 1. The van der Waals surface area contributed by atoms with Crippen molar-refractivity contribution in [3.8, 4) is 0 Å². The molecule has 0 aliphatic carbocycles. The van der Waals surface area contributed by atoms with E-state index in [0.717, 1.165) is 0 Å². The average Bonchev–Trinajstić information content (AvgIpc) is 2.23. The summed E-state index contributed by atoms with van der Waals surface area (Å²) in [5, 5.41) is 10.5. The average molecular weight is 296 g/mol. The van der Waals surface area contributed by atoms with Crippen LogP contribution in [-0.4, -0.2) is 5.11 Å². The third-order valence-corrected chi connectivity index (χ3v) is 3.96. The quantitative estimate of drug-likeness (QED) is 0.827. The topological polar surface area (TPSA) is 20.2 Å². The molecular weight excluding hydrogens is 282 g/mol. The molecule has 0 unspecified atom stereocenters. The molecule has 1 N–H and O–H groups in total. The number of halogens is 3. The number of aliphatic hydroxyl groups is 1. The van der Waals surface area contributed by atoms with E-state index in [4.69, 9.17) is 11.6 Å². The Kier molecular flexibility index (Phi) is 4.15. The summed E-state index contributed by atoms with van der Waals surface area (Å²) >= 11 is 9.21. The van der Waals surface area contributed by atoms with Crippen LogP contribution in [0.1, 0.15) is 32.3 Å². The molecule has 0 aliphatic heterocycles. The summed E-state index contributed by atoms with van der Waals surface area (Å²) in [6.45, 7) is 3.61. The van der Waals surface area contributed by atoms with Gasteiger partial charge in [0.2, 0.25) is 0 Å². The fourth-order valence-electron chi connectivity index (χ4n) is 1.56. The van der Waals surface area contributed by atoms with Crippen LogP contribution in [0.25, 0.3) is 0 Å². The van der Waals surface area contributed by atoms with Gasteiger partial charge in [0.25, 0.3) is 0 Å². The maximum Gasteiger partial charge on any atom is 0.130 e. The summed E-state index contributed by atoms with van der Waals surface area (Å²) < 4.78 is 14.2. The third-order valence-electron chi connectivity index (χ3n) is 2.68. The Morgan fingerprint density at radius 2 is 1.93 bits per heavy atom. The van der Waals surface area contributed by atoms with Crippen LogP contribution in [0.15, 0.2) is 16.6 Å². The minimum Gasteiger partial charge on any atom is -0.385 e. The molecule has 0 radical (unpaired) electrons. The van der Waals surface area contributed by atoms with Crippen LogP contribution in [-0.2, 0) is 5.60 Å². The predicted molar refractivity (Wildman–Crippen MR) is 63.6 cm³/mol. The van der Waals surface area contributed by atoms with Crippen molar-refractivity contribution < 1.29 is 9.50 Å². The number of hydrogen-bond acceptors (Lipinski definition) is 1.